The molecule has 0 saturated heterocycles. The minimum Gasteiger partial charge on any atom is -0.317 e. The van der Waals surface area contributed by atoms with Gasteiger partial charge in [-0.1, -0.05) is 24.8 Å². The van der Waals surface area contributed by atoms with Crippen LogP contribution >= 0.6 is 0 Å². The van der Waals surface area contributed by atoms with Gasteiger partial charge in [0.2, 0.25) is 0 Å². The molecule has 0 atom stereocenters. The number of aromatic nitrogens is 2. The maximum atomic E-state index is 4.25. The molecule has 0 saturated carbocycles. The fourth-order valence-electron chi connectivity index (χ4n) is 2.40. The first kappa shape index (κ1) is 12.5. The number of aryl methyl sites for hydroxylation is 1. The van der Waals surface area contributed by atoms with E-state index in [1.54, 1.807) is 0 Å². The van der Waals surface area contributed by atoms with Crippen LogP contribution in [0.1, 0.15) is 12.5 Å². The summed E-state index contributed by atoms with van der Waals surface area (Å²) in [6.45, 7) is 6.24. The molecule has 0 radical (unpaired) electrons. The van der Waals surface area contributed by atoms with Crippen LogP contribution in [0, 0.1) is 0 Å². The number of hydrogen-bond donors (Lipinski definition) is 0. The van der Waals surface area contributed by atoms with E-state index in [1.807, 2.05) is 42.3 Å². The highest BCUT2D eigenvalue weighted by Crippen LogP contribution is 2.32. The first-order valence-corrected chi connectivity index (χ1v) is 6.58. The molecule has 0 amide bonds. The molecule has 0 fully saturated rings. The highest BCUT2D eigenvalue weighted by Gasteiger charge is 2.16. The lowest BCUT2D eigenvalue weighted by atomic mass is 9.99. The van der Waals surface area contributed by atoms with Crippen molar-refractivity contribution < 1.29 is 0 Å². The van der Waals surface area contributed by atoms with E-state index < -0.39 is 0 Å². The quantitative estimate of drug-likeness (QED) is 0.823. The number of benzene rings is 1. The van der Waals surface area contributed by atoms with E-state index in [-0.39, 0.29) is 0 Å². The van der Waals surface area contributed by atoms with E-state index in [9.17, 15) is 0 Å². The minimum absolute atomic E-state index is 0.973. The Bertz CT molecular complexity index is 705. The zero-order valence-electron chi connectivity index (χ0n) is 11.7. The van der Waals surface area contributed by atoms with Crippen LogP contribution in [0.15, 0.2) is 72.9 Å². The van der Waals surface area contributed by atoms with Crippen LogP contribution in [0.2, 0.25) is 0 Å². The fourth-order valence-corrected chi connectivity index (χ4v) is 2.40. The van der Waals surface area contributed by atoms with Crippen molar-refractivity contribution >= 4 is 11.3 Å². The lowest BCUT2D eigenvalue weighted by Gasteiger charge is -2.27. The average Bonchev–Trinajstić information content (AvgIpc) is 2.86. The molecule has 1 aromatic heterocycles. The standard InChI is InChI=1S/C17H17N3/c1-13-9-14(2)20(16-7-5-4-6-8-16)12-17(13)15-10-18-19(3)11-15/h4-12H,2H2,1,3H3. The van der Waals surface area contributed by atoms with Gasteiger partial charge in [-0.15, -0.1) is 0 Å². The van der Waals surface area contributed by atoms with Gasteiger partial charge in [0.25, 0.3) is 0 Å². The van der Waals surface area contributed by atoms with Crippen LogP contribution in [0.3, 0.4) is 0 Å². The summed E-state index contributed by atoms with van der Waals surface area (Å²) in [5.74, 6) is 0. The van der Waals surface area contributed by atoms with Gasteiger partial charge in [-0.3, -0.25) is 4.68 Å². The van der Waals surface area contributed by atoms with E-state index >= 15 is 0 Å². The summed E-state index contributed by atoms with van der Waals surface area (Å²) in [6, 6.07) is 10.2. The average molecular weight is 263 g/mol. The van der Waals surface area contributed by atoms with E-state index in [4.69, 9.17) is 0 Å². The zero-order valence-corrected chi connectivity index (χ0v) is 11.7. The monoisotopic (exact) mass is 263 g/mol. The van der Waals surface area contributed by atoms with Crippen molar-refractivity contribution in [3.8, 4) is 0 Å². The molecule has 0 spiro atoms. The molecule has 2 heterocycles. The molecule has 3 rings (SSSR count). The Hall–Kier alpha value is -2.55. The second-order valence-electron chi connectivity index (χ2n) is 4.97. The Morgan fingerprint density at radius 3 is 2.55 bits per heavy atom. The summed E-state index contributed by atoms with van der Waals surface area (Å²) < 4.78 is 1.82. The lowest BCUT2D eigenvalue weighted by Crippen LogP contribution is -2.17. The smallest absolute Gasteiger partial charge is 0.0568 e. The molecular weight excluding hydrogens is 246 g/mol. The first-order valence-electron chi connectivity index (χ1n) is 6.58. The van der Waals surface area contributed by atoms with E-state index in [0.29, 0.717) is 0 Å². The van der Waals surface area contributed by atoms with Gasteiger partial charge in [-0.05, 0) is 30.7 Å². The highest BCUT2D eigenvalue weighted by molar-refractivity contribution is 5.84. The van der Waals surface area contributed by atoms with Crippen LogP contribution < -0.4 is 4.90 Å². The molecule has 2 aromatic rings. The van der Waals surface area contributed by atoms with Crippen LogP contribution in [-0.2, 0) is 7.05 Å². The molecule has 1 aliphatic heterocycles. The second-order valence-corrected chi connectivity index (χ2v) is 4.97. The van der Waals surface area contributed by atoms with E-state index in [2.05, 4.69) is 47.9 Å². The third-order valence-corrected chi connectivity index (χ3v) is 3.43. The fraction of sp³-hybridized carbons (Fsp3) is 0.118. The van der Waals surface area contributed by atoms with Crippen LogP contribution in [0.4, 0.5) is 5.69 Å². The van der Waals surface area contributed by atoms with Crippen LogP contribution in [-0.4, -0.2) is 9.78 Å². The lowest BCUT2D eigenvalue weighted by molar-refractivity contribution is 0.767. The number of hydrogen-bond acceptors (Lipinski definition) is 2. The topological polar surface area (TPSA) is 21.1 Å². The third kappa shape index (κ3) is 2.18. The molecule has 0 unspecified atom stereocenters. The molecule has 3 heteroatoms. The second kappa shape index (κ2) is 4.85. The Morgan fingerprint density at radius 2 is 1.90 bits per heavy atom. The number of para-hydroxylation sites is 1. The van der Waals surface area contributed by atoms with Gasteiger partial charge in [-0.25, -0.2) is 0 Å². The van der Waals surface area contributed by atoms with Gasteiger partial charge in [-0.2, -0.15) is 5.10 Å². The Labute approximate surface area is 119 Å². The van der Waals surface area contributed by atoms with Gasteiger partial charge in [0.15, 0.2) is 0 Å². The van der Waals surface area contributed by atoms with Gasteiger partial charge >= 0.3 is 0 Å². The molecule has 0 bridgehead atoms. The summed E-state index contributed by atoms with van der Waals surface area (Å²) in [5, 5.41) is 4.25. The Balaban J connectivity index is 2.05. The SMILES string of the molecule is C=C1C=C(C)C(c2cnn(C)c2)=CN1c1ccccc1. The van der Waals surface area contributed by atoms with Crippen molar-refractivity contribution in [2.45, 2.75) is 6.92 Å². The Morgan fingerprint density at radius 1 is 1.15 bits per heavy atom. The Kier molecular flexibility index (Phi) is 3.03. The van der Waals surface area contributed by atoms with Gasteiger partial charge < -0.3 is 4.90 Å². The summed E-state index contributed by atoms with van der Waals surface area (Å²) in [7, 11) is 1.93. The van der Waals surface area contributed by atoms with Gasteiger partial charge in [0, 0.05) is 42.0 Å². The van der Waals surface area contributed by atoms with Crippen LogP contribution in [0.5, 0.6) is 0 Å². The predicted octanol–water partition coefficient (Wildman–Crippen LogP) is 3.74. The largest absolute Gasteiger partial charge is 0.317 e. The van der Waals surface area contributed by atoms with E-state index in [0.717, 1.165) is 16.9 Å². The van der Waals surface area contributed by atoms with Crippen molar-refractivity contribution in [3.63, 3.8) is 0 Å². The van der Waals surface area contributed by atoms with Gasteiger partial charge in [0.05, 0.1) is 6.20 Å². The first-order chi connectivity index (χ1) is 9.65. The maximum Gasteiger partial charge on any atom is 0.0568 e. The maximum absolute atomic E-state index is 4.25. The molecular formula is C17H17N3. The number of allylic oxidation sites excluding steroid dienone is 3. The highest BCUT2D eigenvalue weighted by atomic mass is 15.2. The van der Waals surface area contributed by atoms with Crippen LogP contribution in [0.25, 0.3) is 5.57 Å². The zero-order chi connectivity index (χ0) is 14.1. The summed E-state index contributed by atoms with van der Waals surface area (Å²) in [5.41, 5.74) is 5.59. The minimum atomic E-state index is 0.973. The number of rotatable bonds is 2. The van der Waals surface area contributed by atoms with Crippen molar-refractivity contribution in [3.05, 3.63) is 78.4 Å². The molecule has 20 heavy (non-hydrogen) atoms. The summed E-state index contributed by atoms with van der Waals surface area (Å²) in [4.78, 5) is 2.11. The third-order valence-electron chi connectivity index (χ3n) is 3.43. The molecule has 0 aliphatic carbocycles. The van der Waals surface area contributed by atoms with E-state index in [1.165, 1.54) is 11.1 Å². The van der Waals surface area contributed by atoms with Crippen molar-refractivity contribution in [2.75, 3.05) is 4.90 Å². The number of nitrogens with zero attached hydrogens (tertiary/aromatic N) is 3. The van der Waals surface area contributed by atoms with Gasteiger partial charge in [0.1, 0.15) is 0 Å². The molecule has 3 nitrogen and oxygen atoms in total. The number of anilines is 1. The normalized spacial score (nSPS) is 15.1. The predicted molar refractivity (Wildman–Crippen MR) is 83.0 cm³/mol. The van der Waals surface area contributed by atoms with Crippen molar-refractivity contribution in [1.29, 1.82) is 0 Å². The molecule has 1 aromatic carbocycles. The van der Waals surface area contributed by atoms with Crippen molar-refractivity contribution in [1.82, 2.24) is 9.78 Å². The van der Waals surface area contributed by atoms with Crippen molar-refractivity contribution in [2.24, 2.45) is 7.05 Å². The molecule has 100 valence electrons. The summed E-state index contributed by atoms with van der Waals surface area (Å²) in [6.07, 6.45) is 8.15. The summed E-state index contributed by atoms with van der Waals surface area (Å²) >= 11 is 0. The molecule has 1 aliphatic rings. The molecule has 0 N–H and O–H groups in total.